The lowest BCUT2D eigenvalue weighted by atomic mass is 9.82. The number of rotatable bonds is 3. The highest BCUT2D eigenvalue weighted by Gasteiger charge is 2.40. The van der Waals surface area contributed by atoms with E-state index < -0.39 is 5.41 Å². The van der Waals surface area contributed by atoms with E-state index in [0.29, 0.717) is 0 Å². The molecule has 0 atom stereocenters. The van der Waals surface area contributed by atoms with Crippen LogP contribution in [0.3, 0.4) is 0 Å². The molecule has 1 fully saturated rings. The zero-order chi connectivity index (χ0) is 15.2. The van der Waals surface area contributed by atoms with Crippen LogP contribution in [0.15, 0.2) is 24.3 Å². The van der Waals surface area contributed by atoms with Crippen LogP contribution in [0, 0.1) is 0 Å². The van der Waals surface area contributed by atoms with Gasteiger partial charge < -0.3 is 11.1 Å². The zero-order valence-electron chi connectivity index (χ0n) is 13.2. The topological polar surface area (TPSA) is 55.1 Å². The third-order valence-corrected chi connectivity index (χ3v) is 4.03. The van der Waals surface area contributed by atoms with Gasteiger partial charge in [0, 0.05) is 11.1 Å². The standard InChI is InChI=1S/C17H26N2O/c1-15(2,3)19-14(20)16(4,5)12-6-8-13(9-7-12)17(18)10-11-17/h6-9H,10-11,18H2,1-5H3,(H,19,20). The summed E-state index contributed by atoms with van der Waals surface area (Å²) in [5.41, 5.74) is 7.51. The molecule has 3 nitrogen and oxygen atoms in total. The van der Waals surface area contributed by atoms with Crippen molar-refractivity contribution in [3.63, 3.8) is 0 Å². The summed E-state index contributed by atoms with van der Waals surface area (Å²) >= 11 is 0. The summed E-state index contributed by atoms with van der Waals surface area (Å²) < 4.78 is 0. The first-order chi connectivity index (χ1) is 9.05. The summed E-state index contributed by atoms with van der Waals surface area (Å²) in [6, 6.07) is 8.19. The van der Waals surface area contributed by atoms with E-state index in [1.165, 1.54) is 5.56 Å². The van der Waals surface area contributed by atoms with Crippen LogP contribution in [-0.2, 0) is 15.7 Å². The number of nitrogens with two attached hydrogens (primary N) is 1. The molecule has 0 saturated heterocycles. The SMILES string of the molecule is CC(C)(C)NC(=O)C(C)(C)c1ccc(C2(N)CC2)cc1. The van der Waals surface area contributed by atoms with Crippen molar-refractivity contribution in [2.45, 2.75) is 64.0 Å². The maximum atomic E-state index is 12.4. The van der Waals surface area contributed by atoms with E-state index in [1.807, 2.05) is 46.8 Å². The van der Waals surface area contributed by atoms with Crippen molar-refractivity contribution in [2.75, 3.05) is 0 Å². The number of hydrogen-bond donors (Lipinski definition) is 2. The van der Waals surface area contributed by atoms with E-state index in [4.69, 9.17) is 5.73 Å². The lowest BCUT2D eigenvalue weighted by Gasteiger charge is -2.30. The van der Waals surface area contributed by atoms with Crippen molar-refractivity contribution in [3.05, 3.63) is 35.4 Å². The Bertz CT molecular complexity index is 505. The first-order valence-electron chi connectivity index (χ1n) is 7.27. The molecule has 110 valence electrons. The van der Waals surface area contributed by atoms with Gasteiger partial charge in [-0.3, -0.25) is 4.79 Å². The Balaban J connectivity index is 2.18. The number of nitrogens with one attached hydrogen (secondary N) is 1. The summed E-state index contributed by atoms with van der Waals surface area (Å²) in [4.78, 5) is 12.4. The quantitative estimate of drug-likeness (QED) is 0.890. The van der Waals surface area contributed by atoms with Crippen molar-refractivity contribution in [1.29, 1.82) is 0 Å². The maximum absolute atomic E-state index is 12.4. The van der Waals surface area contributed by atoms with E-state index >= 15 is 0 Å². The van der Waals surface area contributed by atoms with Crippen LogP contribution in [0.25, 0.3) is 0 Å². The minimum atomic E-state index is -0.545. The van der Waals surface area contributed by atoms with Gasteiger partial charge in [-0.2, -0.15) is 0 Å². The molecule has 20 heavy (non-hydrogen) atoms. The third-order valence-electron chi connectivity index (χ3n) is 4.03. The summed E-state index contributed by atoms with van der Waals surface area (Å²) in [5.74, 6) is 0.0478. The number of amides is 1. The van der Waals surface area contributed by atoms with Crippen LogP contribution in [0.1, 0.15) is 58.6 Å². The summed E-state index contributed by atoms with van der Waals surface area (Å²) in [7, 11) is 0. The van der Waals surface area contributed by atoms with Crippen LogP contribution < -0.4 is 11.1 Å². The number of carbonyl (C=O) groups excluding carboxylic acids is 1. The highest BCUT2D eigenvalue weighted by atomic mass is 16.2. The summed E-state index contributed by atoms with van der Waals surface area (Å²) in [6.45, 7) is 9.90. The molecule has 0 aromatic heterocycles. The predicted octanol–water partition coefficient (Wildman–Crippen LogP) is 2.83. The summed E-state index contributed by atoms with van der Waals surface area (Å²) in [6.07, 6.45) is 2.11. The molecule has 0 unspecified atom stereocenters. The Morgan fingerprint density at radius 3 is 2.00 bits per heavy atom. The van der Waals surface area contributed by atoms with Gasteiger partial charge >= 0.3 is 0 Å². The molecule has 2 rings (SSSR count). The van der Waals surface area contributed by atoms with Gasteiger partial charge in [-0.1, -0.05) is 24.3 Å². The molecule has 3 N–H and O–H groups in total. The van der Waals surface area contributed by atoms with Gasteiger partial charge in [0.05, 0.1) is 5.41 Å². The second-order valence-electron chi connectivity index (χ2n) is 7.56. The molecular weight excluding hydrogens is 248 g/mol. The lowest BCUT2D eigenvalue weighted by Crippen LogP contribution is -2.48. The van der Waals surface area contributed by atoms with Crippen LogP contribution in [0.2, 0.25) is 0 Å². The Labute approximate surface area is 121 Å². The Kier molecular flexibility index (Phi) is 3.45. The molecule has 3 heteroatoms. The van der Waals surface area contributed by atoms with Gasteiger partial charge in [0.2, 0.25) is 5.91 Å². The molecule has 0 heterocycles. The van der Waals surface area contributed by atoms with Crippen molar-refractivity contribution in [2.24, 2.45) is 5.73 Å². The lowest BCUT2D eigenvalue weighted by molar-refractivity contribution is -0.127. The molecule has 1 aromatic carbocycles. The van der Waals surface area contributed by atoms with Gasteiger partial charge in [0.1, 0.15) is 0 Å². The highest BCUT2D eigenvalue weighted by molar-refractivity contribution is 5.87. The predicted molar refractivity (Wildman–Crippen MR) is 82.5 cm³/mol. The minimum absolute atomic E-state index is 0.0478. The van der Waals surface area contributed by atoms with Gasteiger partial charge in [0.25, 0.3) is 0 Å². The van der Waals surface area contributed by atoms with Gasteiger partial charge in [0.15, 0.2) is 0 Å². The normalized spacial score (nSPS) is 17.7. The molecule has 0 spiro atoms. The van der Waals surface area contributed by atoms with Gasteiger partial charge in [-0.05, 0) is 58.6 Å². The van der Waals surface area contributed by atoms with E-state index in [2.05, 4.69) is 17.4 Å². The van der Waals surface area contributed by atoms with Crippen LogP contribution in [0.4, 0.5) is 0 Å². The second kappa shape index (κ2) is 4.59. The van der Waals surface area contributed by atoms with Crippen LogP contribution in [-0.4, -0.2) is 11.4 Å². The van der Waals surface area contributed by atoms with E-state index in [1.54, 1.807) is 0 Å². The molecule has 1 aliphatic carbocycles. The van der Waals surface area contributed by atoms with E-state index in [9.17, 15) is 4.79 Å². The third kappa shape index (κ3) is 3.04. The van der Waals surface area contributed by atoms with Gasteiger partial charge in [-0.25, -0.2) is 0 Å². The fraction of sp³-hybridized carbons (Fsp3) is 0.588. The second-order valence-corrected chi connectivity index (χ2v) is 7.56. The Morgan fingerprint density at radius 1 is 1.10 bits per heavy atom. The molecule has 1 aromatic rings. The molecule has 0 radical (unpaired) electrons. The zero-order valence-corrected chi connectivity index (χ0v) is 13.2. The largest absolute Gasteiger partial charge is 0.351 e. The monoisotopic (exact) mass is 274 g/mol. The smallest absolute Gasteiger partial charge is 0.230 e. The molecule has 0 bridgehead atoms. The van der Waals surface area contributed by atoms with E-state index in [-0.39, 0.29) is 17.0 Å². The molecule has 0 aliphatic heterocycles. The number of carbonyl (C=O) groups is 1. The average Bonchev–Trinajstić information content (AvgIpc) is 3.07. The van der Waals surface area contributed by atoms with Gasteiger partial charge in [-0.15, -0.1) is 0 Å². The van der Waals surface area contributed by atoms with Crippen LogP contribution in [0.5, 0.6) is 0 Å². The Hall–Kier alpha value is -1.35. The van der Waals surface area contributed by atoms with Crippen molar-refractivity contribution >= 4 is 5.91 Å². The fourth-order valence-corrected chi connectivity index (χ4v) is 2.27. The molecular formula is C17H26N2O. The first-order valence-corrected chi connectivity index (χ1v) is 7.27. The number of hydrogen-bond acceptors (Lipinski definition) is 2. The first kappa shape index (κ1) is 15.0. The minimum Gasteiger partial charge on any atom is -0.351 e. The number of benzene rings is 1. The van der Waals surface area contributed by atoms with Crippen molar-refractivity contribution < 1.29 is 4.79 Å². The summed E-state index contributed by atoms with van der Waals surface area (Å²) in [5, 5.41) is 3.05. The molecule has 1 saturated carbocycles. The van der Waals surface area contributed by atoms with Crippen molar-refractivity contribution in [3.8, 4) is 0 Å². The fourth-order valence-electron chi connectivity index (χ4n) is 2.27. The maximum Gasteiger partial charge on any atom is 0.230 e. The molecule has 1 aliphatic rings. The average molecular weight is 274 g/mol. The van der Waals surface area contributed by atoms with Crippen LogP contribution >= 0.6 is 0 Å². The van der Waals surface area contributed by atoms with Crippen molar-refractivity contribution in [1.82, 2.24) is 5.32 Å². The molecule has 1 amide bonds. The Morgan fingerprint density at radius 2 is 1.60 bits per heavy atom. The highest BCUT2D eigenvalue weighted by Crippen LogP contribution is 2.42. The van der Waals surface area contributed by atoms with E-state index in [0.717, 1.165) is 18.4 Å².